The van der Waals surface area contributed by atoms with Gasteiger partial charge in [0.05, 0.1) is 5.69 Å². The molecule has 2 saturated heterocycles. The number of likely N-dealkylation sites (tertiary alicyclic amines) is 1. The Kier molecular flexibility index (Phi) is 5.61. The number of fused-ring (bicyclic) bond motifs is 4. The Morgan fingerprint density at radius 2 is 1.75 bits per heavy atom. The van der Waals surface area contributed by atoms with Crippen LogP contribution in [0.4, 0.5) is 10.5 Å². The Hall–Kier alpha value is -3.56. The molecule has 0 saturated carbocycles. The van der Waals surface area contributed by atoms with Gasteiger partial charge in [-0.3, -0.25) is 19.7 Å². The van der Waals surface area contributed by atoms with Crippen molar-refractivity contribution < 1.29 is 14.4 Å². The van der Waals surface area contributed by atoms with E-state index in [2.05, 4.69) is 10.2 Å². The number of nitrogens with zero attached hydrogens (tertiary/aromatic N) is 3. The van der Waals surface area contributed by atoms with Gasteiger partial charge in [0.1, 0.15) is 5.41 Å². The van der Waals surface area contributed by atoms with Gasteiger partial charge in [0.2, 0.25) is 5.91 Å². The Balaban J connectivity index is 1.36. The maximum absolute atomic E-state index is 14.1. The highest BCUT2D eigenvalue weighted by Crippen LogP contribution is 2.39. The van der Waals surface area contributed by atoms with Gasteiger partial charge in [0.15, 0.2) is 0 Å². The van der Waals surface area contributed by atoms with E-state index in [1.54, 1.807) is 36.4 Å². The molecule has 6 rings (SSSR count). The predicted octanol–water partition coefficient (Wildman–Crippen LogP) is 2.84. The first-order chi connectivity index (χ1) is 17.4. The molecule has 3 aliphatic heterocycles. The van der Waals surface area contributed by atoms with E-state index in [1.165, 1.54) is 11.3 Å². The molecule has 4 amide bonds. The minimum atomic E-state index is -1.45. The molecule has 0 aliphatic carbocycles. The number of hydrogen-bond acceptors (Lipinski definition) is 6. The number of amides is 4. The topological polar surface area (TPSA) is 91.7 Å². The zero-order chi connectivity index (χ0) is 24.9. The summed E-state index contributed by atoms with van der Waals surface area (Å²) in [6.45, 7) is 2.17. The maximum Gasteiger partial charge on any atom is 0.335 e. The zero-order valence-corrected chi connectivity index (χ0v) is 20.4. The largest absolute Gasteiger partial charge is 0.335 e. The number of aromatic nitrogens is 1. The molecule has 3 aliphatic rings. The molecule has 0 spiro atoms. The van der Waals surface area contributed by atoms with Crippen molar-refractivity contribution in [3.05, 3.63) is 87.0 Å². The molecule has 9 heteroatoms. The third-order valence-corrected chi connectivity index (χ3v) is 8.47. The van der Waals surface area contributed by atoms with Crippen molar-refractivity contribution in [2.75, 3.05) is 24.5 Å². The average molecular weight is 503 g/mol. The SMILES string of the molecule is O=C1NC(=O)C(Cc2cccs2)(CN2CC3CC(C2)c2cccc(=O)n2C3)C(=O)N1c1ccccc1. The number of hydrogen-bond donors (Lipinski definition) is 1. The summed E-state index contributed by atoms with van der Waals surface area (Å²) < 4.78 is 1.87. The van der Waals surface area contributed by atoms with E-state index in [1.807, 2.05) is 34.2 Å². The predicted molar refractivity (Wildman–Crippen MR) is 136 cm³/mol. The molecule has 36 heavy (non-hydrogen) atoms. The third kappa shape index (κ3) is 3.79. The minimum Gasteiger partial charge on any atom is -0.312 e. The monoisotopic (exact) mass is 502 g/mol. The molecule has 2 aromatic heterocycles. The number of pyridine rings is 1. The summed E-state index contributed by atoms with van der Waals surface area (Å²) in [6.07, 6.45) is 1.19. The van der Waals surface area contributed by atoms with Crippen LogP contribution in [0.3, 0.4) is 0 Å². The summed E-state index contributed by atoms with van der Waals surface area (Å²) in [4.78, 5) is 57.2. The van der Waals surface area contributed by atoms with Crippen LogP contribution in [0.25, 0.3) is 0 Å². The number of imide groups is 2. The normalized spacial score (nSPS) is 26.0. The summed E-state index contributed by atoms with van der Waals surface area (Å²) in [5.41, 5.74) is 0.0168. The number of carbonyl (C=O) groups is 3. The summed E-state index contributed by atoms with van der Waals surface area (Å²) >= 11 is 1.50. The molecule has 1 aromatic carbocycles. The van der Waals surface area contributed by atoms with Crippen LogP contribution >= 0.6 is 11.3 Å². The van der Waals surface area contributed by atoms with Gasteiger partial charge >= 0.3 is 6.03 Å². The first-order valence-corrected chi connectivity index (χ1v) is 13.0. The number of para-hydroxylation sites is 1. The van der Waals surface area contributed by atoms with Crippen molar-refractivity contribution in [3.63, 3.8) is 0 Å². The average Bonchev–Trinajstić information content (AvgIpc) is 3.37. The van der Waals surface area contributed by atoms with Crippen LogP contribution in [0.15, 0.2) is 70.8 Å². The van der Waals surface area contributed by atoms with E-state index in [0.29, 0.717) is 25.3 Å². The van der Waals surface area contributed by atoms with Gasteiger partial charge in [-0.1, -0.05) is 30.3 Å². The summed E-state index contributed by atoms with van der Waals surface area (Å²) in [5, 5.41) is 4.41. The van der Waals surface area contributed by atoms with Crippen LogP contribution in [0.1, 0.15) is 22.9 Å². The minimum absolute atomic E-state index is 0.0173. The molecule has 184 valence electrons. The van der Waals surface area contributed by atoms with Crippen molar-refractivity contribution in [1.82, 2.24) is 14.8 Å². The van der Waals surface area contributed by atoms with Gasteiger partial charge in [-0.15, -0.1) is 11.3 Å². The van der Waals surface area contributed by atoms with Gasteiger partial charge in [0, 0.05) is 55.2 Å². The molecule has 0 radical (unpaired) electrons. The van der Waals surface area contributed by atoms with Crippen molar-refractivity contribution in [1.29, 1.82) is 0 Å². The number of anilines is 1. The zero-order valence-electron chi connectivity index (χ0n) is 19.6. The van der Waals surface area contributed by atoms with Crippen molar-refractivity contribution >= 4 is 34.9 Å². The first kappa shape index (κ1) is 22.9. The highest BCUT2D eigenvalue weighted by molar-refractivity contribution is 7.09. The van der Waals surface area contributed by atoms with Crippen LogP contribution in [0.5, 0.6) is 0 Å². The molecule has 2 bridgehead atoms. The second kappa shape index (κ2) is 8.83. The maximum atomic E-state index is 14.1. The lowest BCUT2D eigenvalue weighted by Gasteiger charge is -2.47. The number of rotatable bonds is 5. The van der Waals surface area contributed by atoms with Gasteiger partial charge in [-0.2, -0.15) is 0 Å². The van der Waals surface area contributed by atoms with E-state index in [4.69, 9.17) is 0 Å². The van der Waals surface area contributed by atoms with Crippen molar-refractivity contribution in [3.8, 4) is 0 Å². The molecular weight excluding hydrogens is 476 g/mol. The molecule has 8 nitrogen and oxygen atoms in total. The Morgan fingerprint density at radius 3 is 2.53 bits per heavy atom. The summed E-state index contributed by atoms with van der Waals surface area (Å²) in [7, 11) is 0. The standard InChI is InChI=1S/C27H26N4O4S/c32-23-10-4-9-22-19-12-18(15-30(22)23)14-29(16-19)17-27(13-21-8-5-11-36-21)24(33)28-26(35)31(25(27)34)20-6-2-1-3-7-20/h1-11,18-19H,12-17H2,(H,28,33,35). The van der Waals surface area contributed by atoms with Gasteiger partial charge in [-0.05, 0) is 42.0 Å². The summed E-state index contributed by atoms with van der Waals surface area (Å²) in [5.74, 6) is -0.642. The fourth-order valence-electron chi connectivity index (χ4n) is 6.06. The number of thiophene rings is 1. The van der Waals surface area contributed by atoms with Gasteiger partial charge in [0.25, 0.3) is 11.5 Å². The fraction of sp³-hybridized carbons (Fsp3) is 0.333. The molecule has 3 aromatic rings. The Bertz CT molecular complexity index is 1390. The van der Waals surface area contributed by atoms with Crippen LogP contribution in [-0.4, -0.2) is 46.9 Å². The Labute approximate surface area is 212 Å². The number of benzene rings is 1. The first-order valence-electron chi connectivity index (χ1n) is 12.1. The molecule has 5 heterocycles. The second-order valence-corrected chi connectivity index (χ2v) is 11.0. The molecule has 1 N–H and O–H groups in total. The second-order valence-electron chi connectivity index (χ2n) is 9.97. The number of carbonyl (C=O) groups excluding carboxylic acids is 3. The van der Waals surface area contributed by atoms with Crippen molar-refractivity contribution in [2.24, 2.45) is 11.3 Å². The number of urea groups is 1. The lowest BCUT2D eigenvalue weighted by atomic mass is 9.77. The molecule has 2 fully saturated rings. The smallest absolute Gasteiger partial charge is 0.312 e. The van der Waals surface area contributed by atoms with E-state index in [0.717, 1.165) is 21.9 Å². The quantitative estimate of drug-likeness (QED) is 0.542. The van der Waals surface area contributed by atoms with E-state index in [-0.39, 0.29) is 30.4 Å². The van der Waals surface area contributed by atoms with E-state index in [9.17, 15) is 19.2 Å². The summed E-state index contributed by atoms with van der Waals surface area (Å²) in [6, 6.07) is 17.2. The van der Waals surface area contributed by atoms with E-state index >= 15 is 0 Å². The lowest BCUT2D eigenvalue weighted by molar-refractivity contribution is -0.144. The lowest BCUT2D eigenvalue weighted by Crippen LogP contribution is -2.68. The van der Waals surface area contributed by atoms with E-state index < -0.39 is 23.3 Å². The van der Waals surface area contributed by atoms with Gasteiger partial charge in [-0.25, -0.2) is 9.69 Å². The van der Waals surface area contributed by atoms with Crippen LogP contribution in [-0.2, 0) is 22.6 Å². The van der Waals surface area contributed by atoms with Crippen LogP contribution in [0, 0.1) is 11.3 Å². The van der Waals surface area contributed by atoms with Crippen molar-refractivity contribution in [2.45, 2.75) is 25.3 Å². The van der Waals surface area contributed by atoms with Crippen LogP contribution < -0.4 is 15.8 Å². The highest BCUT2D eigenvalue weighted by atomic mass is 32.1. The third-order valence-electron chi connectivity index (χ3n) is 7.59. The molecular formula is C27H26N4O4S. The highest BCUT2D eigenvalue weighted by Gasteiger charge is 2.56. The Morgan fingerprint density at radius 1 is 0.917 bits per heavy atom. The number of nitrogens with one attached hydrogen (secondary N) is 1. The van der Waals surface area contributed by atoms with Gasteiger partial charge < -0.3 is 9.47 Å². The fourth-order valence-corrected chi connectivity index (χ4v) is 6.87. The molecule has 3 atom stereocenters. The van der Waals surface area contributed by atoms with Crippen LogP contribution in [0.2, 0.25) is 0 Å². The molecule has 3 unspecified atom stereocenters. The number of barbiturate groups is 1. The number of piperidine rings is 1.